The van der Waals surface area contributed by atoms with Gasteiger partial charge < -0.3 is 14.5 Å². The first kappa shape index (κ1) is 23.9. The zero-order chi connectivity index (χ0) is 24.2. The van der Waals surface area contributed by atoms with Crippen LogP contribution in [0.1, 0.15) is 41.7 Å². The molecule has 0 aromatic heterocycles. The van der Waals surface area contributed by atoms with Gasteiger partial charge in [0, 0.05) is 35.5 Å². The van der Waals surface area contributed by atoms with Gasteiger partial charge in [0.05, 0.1) is 18.7 Å². The molecular weight excluding hydrogens is 455 g/mol. The van der Waals surface area contributed by atoms with E-state index in [1.165, 1.54) is 24.3 Å². The average Bonchev–Trinajstić information content (AvgIpc) is 2.85. The van der Waals surface area contributed by atoms with Crippen LogP contribution in [0.15, 0.2) is 72.8 Å². The number of carbonyl (C=O) groups excluding carboxylic acids is 2. The van der Waals surface area contributed by atoms with Crippen molar-refractivity contribution in [3.05, 3.63) is 94.8 Å². The maximum absolute atomic E-state index is 13.6. The van der Waals surface area contributed by atoms with E-state index in [4.69, 9.17) is 16.3 Å². The smallest absolute Gasteiger partial charge is 0.258 e. The number of ether oxygens (including phenoxy) is 1. The van der Waals surface area contributed by atoms with Crippen LogP contribution in [0.2, 0.25) is 5.02 Å². The highest BCUT2D eigenvalue weighted by Gasteiger charge is 2.40. The molecule has 0 saturated carbocycles. The lowest BCUT2D eigenvalue weighted by molar-refractivity contribution is -0.118. The van der Waals surface area contributed by atoms with Crippen molar-refractivity contribution in [1.29, 1.82) is 0 Å². The number of para-hydroxylation sites is 1. The Morgan fingerprint density at radius 1 is 1.06 bits per heavy atom. The van der Waals surface area contributed by atoms with Gasteiger partial charge in [0.1, 0.15) is 5.82 Å². The van der Waals surface area contributed by atoms with E-state index in [9.17, 15) is 14.0 Å². The number of anilines is 2. The molecule has 3 aromatic carbocycles. The number of carbonyl (C=O) groups is 2. The molecule has 176 valence electrons. The predicted molar refractivity (Wildman–Crippen MR) is 132 cm³/mol. The number of halogens is 2. The van der Waals surface area contributed by atoms with Gasteiger partial charge in [-0.3, -0.25) is 9.59 Å². The van der Waals surface area contributed by atoms with Crippen molar-refractivity contribution >= 4 is 34.8 Å². The second kappa shape index (κ2) is 10.4. The summed E-state index contributed by atoms with van der Waals surface area (Å²) in [5, 5.41) is 0.588. The molecule has 34 heavy (non-hydrogen) atoms. The Labute approximate surface area is 203 Å². The van der Waals surface area contributed by atoms with Gasteiger partial charge in [0.15, 0.2) is 0 Å². The van der Waals surface area contributed by atoms with E-state index in [1.807, 2.05) is 43.3 Å². The molecule has 0 radical (unpaired) electrons. The van der Waals surface area contributed by atoms with Crippen LogP contribution < -0.4 is 9.80 Å². The number of fused-ring (bicyclic) bond motifs is 1. The van der Waals surface area contributed by atoms with Gasteiger partial charge in [0.25, 0.3) is 5.91 Å². The van der Waals surface area contributed by atoms with Gasteiger partial charge >= 0.3 is 0 Å². The van der Waals surface area contributed by atoms with E-state index in [2.05, 4.69) is 0 Å². The molecule has 0 spiro atoms. The minimum absolute atomic E-state index is 0.0309. The van der Waals surface area contributed by atoms with Crippen LogP contribution in [0.25, 0.3) is 0 Å². The Morgan fingerprint density at radius 2 is 1.74 bits per heavy atom. The van der Waals surface area contributed by atoms with Crippen LogP contribution in [0.3, 0.4) is 0 Å². The molecule has 1 unspecified atom stereocenters. The van der Waals surface area contributed by atoms with Crippen molar-refractivity contribution in [2.75, 3.05) is 23.5 Å². The molecule has 5 nitrogen and oxygen atoms in total. The first-order chi connectivity index (χ1) is 16.4. The topological polar surface area (TPSA) is 49.9 Å². The molecule has 4 rings (SSSR count). The van der Waals surface area contributed by atoms with Gasteiger partial charge in [-0.1, -0.05) is 36.7 Å². The molecular formula is C27H26ClFN2O3. The summed E-state index contributed by atoms with van der Waals surface area (Å²) in [6.45, 7) is 2.11. The fourth-order valence-corrected chi connectivity index (χ4v) is 4.66. The van der Waals surface area contributed by atoms with Crippen molar-refractivity contribution in [1.82, 2.24) is 0 Å². The predicted octanol–water partition coefficient (Wildman–Crippen LogP) is 6.03. The quantitative estimate of drug-likeness (QED) is 0.433. The second-order valence-electron chi connectivity index (χ2n) is 8.20. The van der Waals surface area contributed by atoms with Crippen molar-refractivity contribution in [3.8, 4) is 0 Å². The Balaban J connectivity index is 1.82. The number of amides is 2. The number of nitrogens with zero attached hydrogens (tertiary/aromatic N) is 2. The molecule has 0 saturated heterocycles. The molecule has 1 aliphatic rings. The summed E-state index contributed by atoms with van der Waals surface area (Å²) < 4.78 is 19.0. The van der Waals surface area contributed by atoms with Crippen LogP contribution in [0.4, 0.5) is 15.8 Å². The maximum atomic E-state index is 13.6. The summed E-state index contributed by atoms with van der Waals surface area (Å²) in [7, 11) is 1.59. The second-order valence-corrected chi connectivity index (χ2v) is 8.63. The first-order valence-electron chi connectivity index (χ1n) is 11.2. The van der Waals surface area contributed by atoms with Crippen LogP contribution in [0.5, 0.6) is 0 Å². The molecule has 0 aliphatic carbocycles. The standard InChI is InChI=1S/C27H26ClFN2O3/c1-3-26(32)30(21-14-10-19(28)11-15-21)25-16-22(17-34-2)31(24-7-5-4-6-23(24)25)27(33)18-8-12-20(29)13-9-18/h4-15,22,25H,3,16-17H2,1-2H3/t22-,25?/m0/s1. The summed E-state index contributed by atoms with van der Waals surface area (Å²) in [6, 6.07) is 19.7. The fraction of sp³-hybridized carbons (Fsp3) is 0.259. The monoisotopic (exact) mass is 480 g/mol. The summed E-state index contributed by atoms with van der Waals surface area (Å²) in [5.74, 6) is -0.676. The van der Waals surface area contributed by atoms with E-state index < -0.39 is 5.82 Å². The van der Waals surface area contributed by atoms with Gasteiger partial charge in [-0.25, -0.2) is 4.39 Å². The Morgan fingerprint density at radius 3 is 2.38 bits per heavy atom. The highest BCUT2D eigenvalue weighted by molar-refractivity contribution is 6.30. The molecule has 0 bridgehead atoms. The molecule has 1 aliphatic heterocycles. The third kappa shape index (κ3) is 4.69. The highest BCUT2D eigenvalue weighted by atomic mass is 35.5. The lowest BCUT2D eigenvalue weighted by atomic mass is 9.88. The van der Waals surface area contributed by atoms with Gasteiger partial charge in [-0.15, -0.1) is 0 Å². The van der Waals surface area contributed by atoms with Gasteiger partial charge in [0.2, 0.25) is 5.91 Å². The number of rotatable bonds is 6. The maximum Gasteiger partial charge on any atom is 0.258 e. The van der Waals surface area contributed by atoms with Crippen molar-refractivity contribution in [2.45, 2.75) is 31.8 Å². The van der Waals surface area contributed by atoms with Crippen LogP contribution in [-0.2, 0) is 9.53 Å². The van der Waals surface area contributed by atoms with Crippen molar-refractivity contribution in [2.24, 2.45) is 0 Å². The summed E-state index contributed by atoms with van der Waals surface area (Å²) in [5.41, 5.74) is 2.69. The molecule has 0 N–H and O–H groups in total. The Hall–Kier alpha value is -3.22. The number of hydrogen-bond acceptors (Lipinski definition) is 3. The number of methoxy groups -OCH3 is 1. The zero-order valence-corrected chi connectivity index (χ0v) is 19.8. The molecule has 0 fully saturated rings. The molecule has 2 amide bonds. The zero-order valence-electron chi connectivity index (χ0n) is 19.1. The van der Waals surface area contributed by atoms with Crippen LogP contribution in [0, 0.1) is 5.82 Å². The minimum atomic E-state index is -0.402. The Kier molecular flexibility index (Phi) is 7.29. The van der Waals surface area contributed by atoms with Crippen molar-refractivity contribution < 1.29 is 18.7 Å². The van der Waals surface area contributed by atoms with E-state index in [0.717, 1.165) is 11.3 Å². The lowest BCUT2D eigenvalue weighted by Crippen LogP contribution is -2.50. The molecule has 7 heteroatoms. The van der Waals surface area contributed by atoms with Crippen LogP contribution in [-0.4, -0.2) is 31.6 Å². The summed E-state index contributed by atoms with van der Waals surface area (Å²) in [6.07, 6.45) is 0.806. The van der Waals surface area contributed by atoms with Gasteiger partial charge in [-0.2, -0.15) is 0 Å². The largest absolute Gasteiger partial charge is 0.383 e. The van der Waals surface area contributed by atoms with E-state index in [1.54, 1.807) is 29.0 Å². The first-order valence-corrected chi connectivity index (χ1v) is 11.6. The lowest BCUT2D eigenvalue weighted by Gasteiger charge is -2.44. The van der Waals surface area contributed by atoms with E-state index >= 15 is 0 Å². The normalized spacial score (nSPS) is 17.2. The molecule has 3 aromatic rings. The third-order valence-corrected chi connectivity index (χ3v) is 6.32. The highest BCUT2D eigenvalue weighted by Crippen LogP contribution is 2.43. The molecule has 2 atom stereocenters. The fourth-order valence-electron chi connectivity index (χ4n) is 4.53. The van der Waals surface area contributed by atoms with E-state index in [0.29, 0.717) is 29.1 Å². The minimum Gasteiger partial charge on any atom is -0.383 e. The summed E-state index contributed by atoms with van der Waals surface area (Å²) in [4.78, 5) is 30.3. The molecule has 1 heterocycles. The van der Waals surface area contributed by atoms with Crippen molar-refractivity contribution in [3.63, 3.8) is 0 Å². The average molecular weight is 481 g/mol. The van der Waals surface area contributed by atoms with Crippen LogP contribution >= 0.6 is 11.6 Å². The Bertz CT molecular complexity index is 1170. The third-order valence-electron chi connectivity index (χ3n) is 6.07. The summed E-state index contributed by atoms with van der Waals surface area (Å²) >= 11 is 6.10. The number of benzene rings is 3. The SMILES string of the molecule is CCC(=O)N(c1ccc(Cl)cc1)C1C[C@@H](COC)N(C(=O)c2ccc(F)cc2)c2ccccc21. The van der Waals surface area contributed by atoms with E-state index in [-0.39, 0.29) is 30.5 Å². The number of hydrogen-bond donors (Lipinski definition) is 0. The van der Waals surface area contributed by atoms with Gasteiger partial charge in [-0.05, 0) is 66.6 Å².